The molecular weight excluding hydrogens is 362 g/mol. The topological polar surface area (TPSA) is 83.6 Å². The second kappa shape index (κ2) is 6.81. The van der Waals surface area contributed by atoms with Crippen molar-refractivity contribution in [2.45, 2.75) is 13.8 Å². The first-order valence-electron chi connectivity index (χ1n) is 8.36. The van der Waals surface area contributed by atoms with Crippen LogP contribution in [0, 0.1) is 13.8 Å². The summed E-state index contributed by atoms with van der Waals surface area (Å²) in [7, 11) is 0. The average Bonchev–Trinajstić information content (AvgIpc) is 3.06. The van der Waals surface area contributed by atoms with Crippen molar-refractivity contribution >= 4 is 34.4 Å². The Balaban J connectivity index is 1.67. The monoisotopic (exact) mass is 377 g/mol. The van der Waals surface area contributed by atoms with Crippen LogP contribution >= 0.6 is 11.6 Å². The number of aromatic amines is 1. The smallest absolute Gasteiger partial charge is 0.255 e. The van der Waals surface area contributed by atoms with Gasteiger partial charge in [0.25, 0.3) is 5.91 Å². The van der Waals surface area contributed by atoms with Crippen LogP contribution < -0.4 is 5.32 Å². The molecule has 0 atom stereocenters. The number of imidazole rings is 1. The third-order valence-corrected chi connectivity index (χ3v) is 4.44. The number of pyridine rings is 2. The summed E-state index contributed by atoms with van der Waals surface area (Å²) in [6, 6.07) is 10.7. The van der Waals surface area contributed by atoms with Crippen molar-refractivity contribution in [3.8, 4) is 11.4 Å². The standard InChI is InChI=1S/C20H16ClN5O/c1-11-7-17-19(23-10-11)26-18(25-17)15-9-14(3-4-16(15)21)24-20(27)13-5-6-22-12(2)8-13/h3-10H,1-2H3,(H,24,27)(H,23,25,26). The number of nitrogens with zero attached hydrogens (tertiary/aromatic N) is 3. The molecule has 1 aromatic carbocycles. The Morgan fingerprint density at radius 2 is 1.96 bits per heavy atom. The van der Waals surface area contributed by atoms with Gasteiger partial charge in [0.05, 0.1) is 10.5 Å². The predicted molar refractivity (Wildman–Crippen MR) is 106 cm³/mol. The zero-order chi connectivity index (χ0) is 19.0. The fraction of sp³-hybridized carbons (Fsp3) is 0.100. The minimum absolute atomic E-state index is 0.212. The first-order valence-corrected chi connectivity index (χ1v) is 8.74. The maximum atomic E-state index is 12.5. The minimum Gasteiger partial charge on any atom is -0.337 e. The van der Waals surface area contributed by atoms with Gasteiger partial charge in [-0.2, -0.15) is 0 Å². The van der Waals surface area contributed by atoms with Crippen molar-refractivity contribution in [2.75, 3.05) is 5.32 Å². The summed E-state index contributed by atoms with van der Waals surface area (Å²) in [5, 5.41) is 3.41. The fourth-order valence-electron chi connectivity index (χ4n) is 2.81. The van der Waals surface area contributed by atoms with Gasteiger partial charge in [-0.1, -0.05) is 11.6 Å². The van der Waals surface area contributed by atoms with Gasteiger partial charge in [0.1, 0.15) is 5.82 Å². The number of benzene rings is 1. The first kappa shape index (κ1) is 17.2. The van der Waals surface area contributed by atoms with Crippen molar-refractivity contribution in [3.63, 3.8) is 0 Å². The van der Waals surface area contributed by atoms with Crippen LogP contribution in [0.3, 0.4) is 0 Å². The maximum Gasteiger partial charge on any atom is 0.255 e. The van der Waals surface area contributed by atoms with Crippen molar-refractivity contribution in [3.05, 3.63) is 70.6 Å². The van der Waals surface area contributed by atoms with Crippen LogP contribution in [0.15, 0.2) is 48.8 Å². The molecule has 6 nitrogen and oxygen atoms in total. The molecule has 4 aromatic rings. The zero-order valence-corrected chi connectivity index (χ0v) is 15.5. The van der Waals surface area contributed by atoms with E-state index in [0.717, 1.165) is 16.8 Å². The Morgan fingerprint density at radius 3 is 2.78 bits per heavy atom. The first-order chi connectivity index (χ1) is 13.0. The molecule has 0 spiro atoms. The zero-order valence-electron chi connectivity index (χ0n) is 14.7. The normalized spacial score (nSPS) is 10.9. The summed E-state index contributed by atoms with van der Waals surface area (Å²) in [4.78, 5) is 28.6. The van der Waals surface area contributed by atoms with E-state index in [1.54, 1.807) is 42.7 Å². The number of halogens is 1. The molecule has 0 fully saturated rings. The van der Waals surface area contributed by atoms with E-state index < -0.39 is 0 Å². The van der Waals surface area contributed by atoms with Crippen LogP contribution in [-0.2, 0) is 0 Å². The lowest BCUT2D eigenvalue weighted by Gasteiger charge is -2.08. The second-order valence-electron chi connectivity index (χ2n) is 6.30. The van der Waals surface area contributed by atoms with E-state index in [4.69, 9.17) is 11.6 Å². The van der Waals surface area contributed by atoms with Crippen molar-refractivity contribution < 1.29 is 4.79 Å². The highest BCUT2D eigenvalue weighted by Gasteiger charge is 2.13. The number of carbonyl (C=O) groups is 1. The quantitative estimate of drug-likeness (QED) is 0.549. The highest BCUT2D eigenvalue weighted by molar-refractivity contribution is 6.33. The number of hydrogen-bond acceptors (Lipinski definition) is 4. The Hall–Kier alpha value is -3.25. The highest BCUT2D eigenvalue weighted by atomic mass is 35.5. The van der Waals surface area contributed by atoms with Crippen LogP contribution in [0.25, 0.3) is 22.6 Å². The molecule has 3 aromatic heterocycles. The van der Waals surface area contributed by atoms with Crippen molar-refractivity contribution in [1.29, 1.82) is 0 Å². The molecule has 134 valence electrons. The lowest BCUT2D eigenvalue weighted by molar-refractivity contribution is 0.102. The Labute approximate surface area is 160 Å². The van der Waals surface area contributed by atoms with Crippen molar-refractivity contribution in [1.82, 2.24) is 19.9 Å². The van der Waals surface area contributed by atoms with Crippen molar-refractivity contribution in [2.24, 2.45) is 0 Å². The van der Waals surface area contributed by atoms with Gasteiger partial charge < -0.3 is 10.3 Å². The second-order valence-corrected chi connectivity index (χ2v) is 6.71. The van der Waals surface area contributed by atoms with Crippen LogP contribution in [0.2, 0.25) is 5.02 Å². The summed E-state index contributed by atoms with van der Waals surface area (Å²) in [5.41, 5.74) is 5.13. The van der Waals surface area contributed by atoms with E-state index >= 15 is 0 Å². The third-order valence-electron chi connectivity index (χ3n) is 4.11. The molecule has 0 aliphatic rings. The molecule has 0 saturated heterocycles. The van der Waals surface area contributed by atoms with E-state index in [1.807, 2.05) is 19.9 Å². The molecule has 0 unspecified atom stereocenters. The van der Waals surface area contributed by atoms with Gasteiger partial charge in [-0.05, 0) is 55.8 Å². The third kappa shape index (κ3) is 3.52. The molecule has 2 N–H and O–H groups in total. The highest BCUT2D eigenvalue weighted by Crippen LogP contribution is 2.30. The minimum atomic E-state index is -0.212. The lowest BCUT2D eigenvalue weighted by atomic mass is 10.1. The van der Waals surface area contributed by atoms with Crippen LogP contribution in [-0.4, -0.2) is 25.8 Å². The van der Waals surface area contributed by atoms with Gasteiger partial charge in [-0.15, -0.1) is 0 Å². The summed E-state index contributed by atoms with van der Waals surface area (Å²) in [6.45, 7) is 3.81. The Kier molecular flexibility index (Phi) is 4.33. The molecule has 1 amide bonds. The number of aromatic nitrogens is 4. The summed E-state index contributed by atoms with van der Waals surface area (Å²) >= 11 is 6.36. The molecule has 0 bridgehead atoms. The number of carbonyl (C=O) groups excluding carboxylic acids is 1. The summed E-state index contributed by atoms with van der Waals surface area (Å²) in [6.07, 6.45) is 3.38. The van der Waals surface area contributed by atoms with Gasteiger partial charge in [0.2, 0.25) is 0 Å². The van der Waals surface area contributed by atoms with E-state index in [0.29, 0.717) is 33.3 Å². The molecule has 3 heterocycles. The van der Waals surface area contributed by atoms with E-state index in [-0.39, 0.29) is 5.91 Å². The molecule has 0 aliphatic carbocycles. The molecule has 0 radical (unpaired) electrons. The van der Waals surface area contributed by atoms with E-state index in [9.17, 15) is 4.79 Å². The fourth-order valence-corrected chi connectivity index (χ4v) is 3.01. The Morgan fingerprint density at radius 1 is 1.11 bits per heavy atom. The maximum absolute atomic E-state index is 12.5. The molecule has 7 heteroatoms. The van der Waals surface area contributed by atoms with Crippen LogP contribution in [0.4, 0.5) is 5.69 Å². The molecule has 0 aliphatic heterocycles. The van der Waals surface area contributed by atoms with Crippen LogP contribution in [0.5, 0.6) is 0 Å². The average molecular weight is 378 g/mol. The lowest BCUT2D eigenvalue weighted by Crippen LogP contribution is -2.12. The number of amides is 1. The number of H-pyrrole nitrogens is 1. The van der Waals surface area contributed by atoms with Gasteiger partial charge in [-0.3, -0.25) is 9.78 Å². The van der Waals surface area contributed by atoms with E-state index in [2.05, 4.69) is 25.3 Å². The van der Waals surface area contributed by atoms with Gasteiger partial charge in [-0.25, -0.2) is 9.97 Å². The number of nitrogens with one attached hydrogen (secondary N) is 2. The Bertz CT molecular complexity index is 1170. The SMILES string of the molecule is Cc1cnc2nc(-c3cc(NC(=O)c4ccnc(C)c4)ccc3Cl)[nH]c2c1. The number of anilines is 1. The number of aryl methyl sites for hydroxylation is 2. The summed E-state index contributed by atoms with van der Waals surface area (Å²) < 4.78 is 0. The van der Waals surface area contributed by atoms with E-state index in [1.165, 1.54) is 0 Å². The molecule has 4 rings (SSSR count). The van der Waals surface area contributed by atoms with Gasteiger partial charge in [0, 0.05) is 34.9 Å². The summed E-state index contributed by atoms with van der Waals surface area (Å²) in [5.74, 6) is 0.389. The predicted octanol–water partition coefficient (Wildman–Crippen LogP) is 4.54. The van der Waals surface area contributed by atoms with Gasteiger partial charge >= 0.3 is 0 Å². The van der Waals surface area contributed by atoms with Gasteiger partial charge in [0.15, 0.2) is 5.65 Å². The number of fused-ring (bicyclic) bond motifs is 1. The number of hydrogen-bond donors (Lipinski definition) is 2. The van der Waals surface area contributed by atoms with Crippen LogP contribution in [0.1, 0.15) is 21.6 Å². The number of rotatable bonds is 3. The molecule has 27 heavy (non-hydrogen) atoms. The molecule has 0 saturated carbocycles. The molecular formula is C20H16ClN5O. The largest absolute Gasteiger partial charge is 0.337 e.